The number of benzene rings is 16. The summed E-state index contributed by atoms with van der Waals surface area (Å²) in [4.78, 5) is 31.7. The number of fused-ring (bicyclic) bond motifs is 12. The van der Waals surface area contributed by atoms with Crippen molar-refractivity contribution in [3.05, 3.63) is 364 Å². The van der Waals surface area contributed by atoms with Crippen molar-refractivity contribution in [2.24, 2.45) is 0 Å². The van der Waals surface area contributed by atoms with Gasteiger partial charge in [0.2, 0.25) is 0 Å². The molecule has 522 valence electrons. The van der Waals surface area contributed by atoms with Gasteiger partial charge < -0.3 is 0 Å². The second kappa shape index (κ2) is 27.2. The van der Waals surface area contributed by atoms with Crippen LogP contribution in [0.2, 0.25) is 0 Å². The Labute approximate surface area is 661 Å². The monoisotopic (exact) mass is 1500 g/mol. The molecule has 0 saturated carbocycles. The molecule has 0 aliphatic heterocycles. The third-order valence-corrected chi connectivity index (χ3v) is 26.3. The highest BCUT2D eigenvalue weighted by Crippen LogP contribution is 2.52. The summed E-state index contributed by atoms with van der Waals surface area (Å²) < 4.78 is 9.84. The molecule has 16 aromatic carbocycles. The molecule has 6 aromatic heterocycles. The van der Waals surface area contributed by atoms with Crippen LogP contribution in [0.4, 0.5) is 0 Å². The van der Waals surface area contributed by atoms with Crippen molar-refractivity contribution in [1.82, 2.24) is 29.9 Å². The number of hydrogen-bond donors (Lipinski definition) is 0. The summed E-state index contributed by atoms with van der Waals surface area (Å²) in [5.41, 5.74) is 22.0. The molecule has 0 bridgehead atoms. The van der Waals surface area contributed by atoms with Crippen molar-refractivity contribution in [1.29, 1.82) is 0 Å². The van der Waals surface area contributed by atoms with E-state index >= 15 is 0 Å². The first-order valence-corrected chi connectivity index (χ1v) is 40.7. The van der Waals surface area contributed by atoms with Gasteiger partial charge in [-0.05, 0) is 109 Å². The zero-order valence-electron chi connectivity index (χ0n) is 60.0. The van der Waals surface area contributed by atoms with Crippen molar-refractivity contribution in [3.8, 4) is 146 Å². The topological polar surface area (TPSA) is 77.3 Å². The van der Waals surface area contributed by atoms with Crippen LogP contribution >= 0.6 is 45.3 Å². The van der Waals surface area contributed by atoms with Gasteiger partial charge in [0.25, 0.3) is 0 Å². The zero-order chi connectivity index (χ0) is 73.7. The third kappa shape index (κ3) is 11.6. The van der Waals surface area contributed by atoms with Gasteiger partial charge in [-0.15, -0.1) is 45.3 Å². The number of hydrogen-bond acceptors (Lipinski definition) is 10. The molecule has 0 atom stereocenters. The number of nitrogens with zero attached hydrogens (tertiary/aromatic N) is 6. The van der Waals surface area contributed by atoms with Gasteiger partial charge in [0.1, 0.15) is 0 Å². The van der Waals surface area contributed by atoms with Crippen LogP contribution in [-0.4, -0.2) is 29.9 Å². The summed E-state index contributed by atoms with van der Waals surface area (Å²) in [7, 11) is 0. The minimum absolute atomic E-state index is 0.600. The molecule has 0 spiro atoms. The Kier molecular flexibility index (Phi) is 15.9. The molecule has 0 N–H and O–H groups in total. The molecule has 0 fully saturated rings. The van der Waals surface area contributed by atoms with E-state index in [4.69, 9.17) is 29.9 Å². The van der Waals surface area contributed by atoms with Crippen LogP contribution < -0.4 is 0 Å². The molecule has 0 amide bonds. The summed E-state index contributed by atoms with van der Waals surface area (Å²) in [6.45, 7) is 0. The minimum Gasteiger partial charge on any atom is -0.208 e. The van der Waals surface area contributed by atoms with Crippen LogP contribution in [0.3, 0.4) is 0 Å². The largest absolute Gasteiger partial charge is 0.208 e. The minimum atomic E-state index is 0.600. The molecule has 0 aliphatic carbocycles. The molecule has 10 heteroatoms. The third-order valence-electron chi connectivity index (χ3n) is 21.6. The van der Waals surface area contributed by atoms with Gasteiger partial charge in [-0.2, -0.15) is 0 Å². The van der Waals surface area contributed by atoms with E-state index in [-0.39, 0.29) is 0 Å². The maximum atomic E-state index is 5.45. The second-order valence-electron chi connectivity index (χ2n) is 28.3. The number of thiophene rings is 4. The Balaban J connectivity index is 0.641. The molecular weight excluding hydrogens is 1440 g/mol. The van der Waals surface area contributed by atoms with Gasteiger partial charge in [-0.1, -0.05) is 322 Å². The lowest BCUT2D eigenvalue weighted by molar-refractivity contribution is 1.07. The van der Waals surface area contributed by atoms with Crippen LogP contribution in [0, 0.1) is 0 Å². The average molecular weight is 1500 g/mol. The predicted molar refractivity (Wildman–Crippen MR) is 475 cm³/mol. The van der Waals surface area contributed by atoms with Crippen LogP contribution in [0.1, 0.15) is 0 Å². The van der Waals surface area contributed by atoms with Gasteiger partial charge in [-0.3, -0.25) is 0 Å². The highest BCUT2D eigenvalue weighted by molar-refractivity contribution is 7.28. The fraction of sp³-hybridized carbons (Fsp3) is 0. The quantitative estimate of drug-likeness (QED) is 0.114. The summed E-state index contributed by atoms with van der Waals surface area (Å²) >= 11 is 7.40. The van der Waals surface area contributed by atoms with E-state index in [1.165, 1.54) is 120 Å². The van der Waals surface area contributed by atoms with Crippen molar-refractivity contribution in [2.45, 2.75) is 0 Å². The highest BCUT2D eigenvalue weighted by atomic mass is 32.1. The standard InChI is InChI=1S/C102H60N6S4/c1-6-21-61(22-7-1)64-39-43-68(44-40-64)98-103-97(67-29-14-5-15-30-67)104-101(106-98)73-48-50-77-80-34-19-36-82(94(80)110-88(77)58-73)79-54-53-76(66-27-12-4-13-28-66)96-93(79)85-52-47-71(57-90(85)112-96)70-31-18-32-72(55-70)100-105-99(69-45-41-65(42-46-69)62-23-8-2-9-24-62)107-102(108-100)74-49-51-78-81-35-20-37-83(95(81)111-89(78)59-74)86-56-75(63-25-10-3-11-26-63)60-91-92(86)84-33-16-17-38-87(84)109-91/h1-60H. The predicted octanol–water partition coefficient (Wildman–Crippen LogP) is 29.2. The fourth-order valence-corrected chi connectivity index (χ4v) is 21.1. The van der Waals surface area contributed by atoms with E-state index in [9.17, 15) is 0 Å². The maximum Gasteiger partial charge on any atom is 0.164 e. The first-order valence-electron chi connectivity index (χ1n) is 37.4. The van der Waals surface area contributed by atoms with Crippen LogP contribution in [0.5, 0.6) is 0 Å². The van der Waals surface area contributed by atoms with Crippen molar-refractivity contribution < 1.29 is 0 Å². The van der Waals surface area contributed by atoms with Crippen LogP contribution in [0.15, 0.2) is 364 Å². The lowest BCUT2D eigenvalue weighted by Crippen LogP contribution is -2.00. The van der Waals surface area contributed by atoms with Crippen molar-refractivity contribution >= 4 is 126 Å². The first-order chi connectivity index (χ1) is 55.4. The first kappa shape index (κ1) is 65.5. The van der Waals surface area contributed by atoms with E-state index in [1.54, 1.807) is 0 Å². The molecule has 22 rings (SSSR count). The van der Waals surface area contributed by atoms with Gasteiger partial charge in [-0.25, -0.2) is 29.9 Å². The van der Waals surface area contributed by atoms with Gasteiger partial charge in [0.15, 0.2) is 34.9 Å². The normalized spacial score (nSPS) is 11.8. The fourth-order valence-electron chi connectivity index (χ4n) is 16.1. The Morgan fingerprint density at radius 2 is 0.473 bits per heavy atom. The summed E-state index contributed by atoms with van der Waals surface area (Å²) in [5, 5.41) is 9.88. The molecular formula is C102H60N6S4. The summed E-state index contributed by atoms with van der Waals surface area (Å²) in [6.07, 6.45) is 0. The highest BCUT2D eigenvalue weighted by Gasteiger charge is 2.24. The molecule has 112 heavy (non-hydrogen) atoms. The Morgan fingerprint density at radius 1 is 0.143 bits per heavy atom. The summed E-state index contributed by atoms with van der Waals surface area (Å²) in [6, 6.07) is 131. The van der Waals surface area contributed by atoms with Crippen LogP contribution in [-0.2, 0) is 0 Å². The molecule has 6 nitrogen and oxygen atoms in total. The van der Waals surface area contributed by atoms with E-state index in [2.05, 4.69) is 340 Å². The number of aromatic nitrogens is 6. The Morgan fingerprint density at radius 3 is 1.03 bits per heavy atom. The van der Waals surface area contributed by atoms with E-state index in [0.29, 0.717) is 34.9 Å². The molecule has 0 aliphatic rings. The molecule has 0 unspecified atom stereocenters. The lowest BCUT2D eigenvalue weighted by atomic mass is 9.93. The molecule has 0 saturated heterocycles. The SMILES string of the molecule is c1ccc(-c2ccc(-c3nc(-c4cccc(-c5ccc6c(c5)sc5c(-c7ccccc7)ccc(-c7cccc8c7sc7cc(-c9nc(-c%10ccccc%10)nc(-c%10ccc(-c%11ccccc%11)cc%10)n9)ccc78)c56)c4)nc(-c4ccc5c(c4)sc4c(-c6cc(-c7ccccc7)cc7sc8ccccc8c67)cccc45)n3)cc2)cc1. The molecule has 22 aromatic rings. The lowest BCUT2D eigenvalue weighted by Gasteiger charge is -2.11. The van der Waals surface area contributed by atoms with Crippen molar-refractivity contribution in [2.75, 3.05) is 0 Å². The van der Waals surface area contributed by atoms with E-state index in [0.717, 1.165) is 71.5 Å². The van der Waals surface area contributed by atoms with Gasteiger partial charge in [0, 0.05) is 125 Å². The summed E-state index contributed by atoms with van der Waals surface area (Å²) in [5.74, 6) is 3.70. The molecule has 0 radical (unpaired) electrons. The van der Waals surface area contributed by atoms with Gasteiger partial charge >= 0.3 is 0 Å². The van der Waals surface area contributed by atoms with Crippen LogP contribution in [0.25, 0.3) is 227 Å². The Bertz CT molecular complexity index is 7460. The zero-order valence-corrected chi connectivity index (χ0v) is 63.2. The van der Waals surface area contributed by atoms with Crippen molar-refractivity contribution in [3.63, 3.8) is 0 Å². The van der Waals surface area contributed by atoms with E-state index in [1.807, 2.05) is 69.6 Å². The maximum absolute atomic E-state index is 5.45. The second-order valence-corrected chi connectivity index (χ2v) is 32.6. The molecule has 6 heterocycles. The number of rotatable bonds is 13. The van der Waals surface area contributed by atoms with Gasteiger partial charge in [0.05, 0.1) is 0 Å². The average Bonchev–Trinajstić information content (AvgIpc) is 1.57. The Hall–Kier alpha value is -13.6. The van der Waals surface area contributed by atoms with E-state index < -0.39 is 0 Å². The smallest absolute Gasteiger partial charge is 0.164 e.